The van der Waals surface area contributed by atoms with Crippen molar-refractivity contribution in [1.82, 2.24) is 0 Å². The molecule has 0 rings (SSSR count). The lowest BCUT2D eigenvalue weighted by Gasteiger charge is -2.15. The third-order valence-electron chi connectivity index (χ3n) is 1.82. The Bertz CT molecular complexity index is 130. The van der Waals surface area contributed by atoms with Gasteiger partial charge >= 0.3 is 5.97 Å². The highest BCUT2D eigenvalue weighted by Gasteiger charge is 2.19. The van der Waals surface area contributed by atoms with Crippen LogP contribution in [0.1, 0.15) is 27.2 Å². The van der Waals surface area contributed by atoms with Crippen molar-refractivity contribution < 1.29 is 9.53 Å². The smallest absolute Gasteiger partial charge is 0.323 e. The van der Waals surface area contributed by atoms with E-state index in [1.54, 1.807) is 6.92 Å². The van der Waals surface area contributed by atoms with Gasteiger partial charge in [0.05, 0.1) is 6.61 Å². The Kier molecular flexibility index (Phi) is 8.76. The van der Waals surface area contributed by atoms with Gasteiger partial charge in [0.25, 0.3) is 0 Å². The van der Waals surface area contributed by atoms with Crippen LogP contribution in [0.15, 0.2) is 0 Å². The summed E-state index contributed by atoms with van der Waals surface area (Å²) in [7, 11) is 0. The minimum absolute atomic E-state index is 0. The van der Waals surface area contributed by atoms with E-state index in [0.717, 1.165) is 6.42 Å². The van der Waals surface area contributed by atoms with Gasteiger partial charge in [-0.2, -0.15) is 0 Å². The van der Waals surface area contributed by atoms with Crippen LogP contribution < -0.4 is 5.73 Å². The second-order valence-electron chi connectivity index (χ2n) is 2.66. The van der Waals surface area contributed by atoms with E-state index in [-0.39, 0.29) is 24.3 Å². The third-order valence-corrected chi connectivity index (χ3v) is 1.82. The van der Waals surface area contributed by atoms with Gasteiger partial charge in [-0.1, -0.05) is 20.3 Å². The van der Waals surface area contributed by atoms with Gasteiger partial charge in [0.2, 0.25) is 0 Å². The molecule has 0 saturated carbocycles. The molecule has 0 spiro atoms. The van der Waals surface area contributed by atoms with Crippen LogP contribution in [0.5, 0.6) is 0 Å². The van der Waals surface area contributed by atoms with Gasteiger partial charge in [0.15, 0.2) is 0 Å². The molecule has 0 amide bonds. The lowest BCUT2D eigenvalue weighted by atomic mass is 10.0. The number of halogens is 1. The maximum Gasteiger partial charge on any atom is 0.323 e. The van der Waals surface area contributed by atoms with Crippen molar-refractivity contribution in [3.63, 3.8) is 0 Å². The Labute approximate surface area is 80.1 Å². The first kappa shape index (κ1) is 14.3. The molecule has 2 N–H and O–H groups in total. The average molecular weight is 196 g/mol. The van der Waals surface area contributed by atoms with E-state index in [2.05, 4.69) is 0 Å². The summed E-state index contributed by atoms with van der Waals surface area (Å²) in [6, 6.07) is -0.458. The predicted octanol–water partition coefficient (Wildman–Crippen LogP) is 1.34. The highest BCUT2D eigenvalue weighted by atomic mass is 35.5. The first-order valence-corrected chi connectivity index (χ1v) is 4.05. The van der Waals surface area contributed by atoms with E-state index < -0.39 is 6.04 Å². The summed E-state index contributed by atoms with van der Waals surface area (Å²) < 4.78 is 4.76. The summed E-state index contributed by atoms with van der Waals surface area (Å²) in [5.74, 6) is -0.0871. The molecular weight excluding hydrogens is 178 g/mol. The molecule has 4 heteroatoms. The molecule has 0 aromatic rings. The number of esters is 1. The zero-order valence-corrected chi connectivity index (χ0v) is 8.69. The second kappa shape index (κ2) is 7.37. The normalized spacial score (nSPS) is 14.3. The van der Waals surface area contributed by atoms with Gasteiger partial charge in [-0.25, -0.2) is 0 Å². The van der Waals surface area contributed by atoms with E-state index in [1.807, 2.05) is 13.8 Å². The van der Waals surface area contributed by atoms with Crippen LogP contribution in [0.3, 0.4) is 0 Å². The summed E-state index contributed by atoms with van der Waals surface area (Å²) in [5, 5.41) is 0. The van der Waals surface area contributed by atoms with Crippen molar-refractivity contribution in [2.24, 2.45) is 11.7 Å². The summed E-state index contributed by atoms with van der Waals surface area (Å²) in [4.78, 5) is 11.0. The van der Waals surface area contributed by atoms with Crippen LogP contribution in [-0.4, -0.2) is 18.6 Å². The SMILES string of the molecule is CCOC(=O)[C@@H](N)[C@@H](C)CC.Cl. The van der Waals surface area contributed by atoms with E-state index in [0.29, 0.717) is 6.61 Å². The van der Waals surface area contributed by atoms with Crippen LogP contribution in [0.25, 0.3) is 0 Å². The molecule has 0 aliphatic rings. The van der Waals surface area contributed by atoms with Gasteiger partial charge in [-0.3, -0.25) is 4.79 Å². The highest BCUT2D eigenvalue weighted by molar-refractivity contribution is 5.85. The topological polar surface area (TPSA) is 52.3 Å². The number of rotatable bonds is 4. The molecule has 12 heavy (non-hydrogen) atoms. The standard InChI is InChI=1S/C8H17NO2.ClH/c1-4-6(3)7(9)8(10)11-5-2;/h6-7H,4-5,9H2,1-3H3;1H/t6-,7-;/m0./s1. The zero-order chi connectivity index (χ0) is 8.85. The van der Waals surface area contributed by atoms with E-state index in [1.165, 1.54) is 0 Å². The molecule has 0 fully saturated rings. The first-order chi connectivity index (χ1) is 5.13. The molecule has 0 aliphatic carbocycles. The fourth-order valence-corrected chi connectivity index (χ4v) is 0.725. The molecule has 0 heterocycles. The Hall–Kier alpha value is -0.280. The second-order valence-corrected chi connectivity index (χ2v) is 2.66. The minimum atomic E-state index is -0.458. The fraction of sp³-hybridized carbons (Fsp3) is 0.875. The molecule has 0 radical (unpaired) electrons. The zero-order valence-electron chi connectivity index (χ0n) is 7.87. The molecule has 0 aliphatic heterocycles. The van der Waals surface area contributed by atoms with Gasteiger partial charge < -0.3 is 10.5 Å². The predicted molar refractivity (Wildman–Crippen MR) is 51.3 cm³/mol. The Balaban J connectivity index is 0. The number of hydrogen-bond donors (Lipinski definition) is 1. The number of carbonyl (C=O) groups is 1. The largest absolute Gasteiger partial charge is 0.465 e. The molecule has 3 nitrogen and oxygen atoms in total. The summed E-state index contributed by atoms with van der Waals surface area (Å²) in [5.41, 5.74) is 5.58. The molecule has 74 valence electrons. The van der Waals surface area contributed by atoms with Crippen LogP contribution in [0.2, 0.25) is 0 Å². The fourth-order valence-electron chi connectivity index (χ4n) is 0.725. The highest BCUT2D eigenvalue weighted by Crippen LogP contribution is 2.06. The number of nitrogens with two attached hydrogens (primary N) is 1. The van der Waals surface area contributed by atoms with Gasteiger partial charge in [0, 0.05) is 0 Å². The molecule has 0 bridgehead atoms. The Morgan fingerprint density at radius 2 is 2.00 bits per heavy atom. The van der Waals surface area contributed by atoms with Crippen LogP contribution >= 0.6 is 12.4 Å². The number of ether oxygens (including phenoxy) is 1. The van der Waals surface area contributed by atoms with Crippen LogP contribution in [0, 0.1) is 5.92 Å². The van der Waals surface area contributed by atoms with Crippen molar-refractivity contribution in [3.8, 4) is 0 Å². The van der Waals surface area contributed by atoms with Gasteiger partial charge in [-0.15, -0.1) is 12.4 Å². The molecular formula is C8H18ClNO2. The molecule has 0 unspecified atom stereocenters. The summed E-state index contributed by atoms with van der Waals surface area (Å²) >= 11 is 0. The lowest BCUT2D eigenvalue weighted by molar-refractivity contribution is -0.145. The maximum absolute atomic E-state index is 11.0. The molecule has 2 atom stereocenters. The van der Waals surface area contributed by atoms with Crippen molar-refractivity contribution in [3.05, 3.63) is 0 Å². The van der Waals surface area contributed by atoms with E-state index >= 15 is 0 Å². The van der Waals surface area contributed by atoms with E-state index in [9.17, 15) is 4.79 Å². The average Bonchev–Trinajstić information content (AvgIpc) is 2.02. The van der Waals surface area contributed by atoms with Crippen molar-refractivity contribution in [1.29, 1.82) is 0 Å². The van der Waals surface area contributed by atoms with Crippen LogP contribution in [-0.2, 0) is 9.53 Å². The minimum Gasteiger partial charge on any atom is -0.465 e. The third kappa shape index (κ3) is 4.57. The van der Waals surface area contributed by atoms with Crippen LogP contribution in [0.4, 0.5) is 0 Å². The molecule has 0 aromatic heterocycles. The number of hydrogen-bond acceptors (Lipinski definition) is 3. The monoisotopic (exact) mass is 195 g/mol. The quantitative estimate of drug-likeness (QED) is 0.689. The van der Waals surface area contributed by atoms with Crippen molar-refractivity contribution in [2.45, 2.75) is 33.2 Å². The first-order valence-electron chi connectivity index (χ1n) is 4.05. The lowest BCUT2D eigenvalue weighted by Crippen LogP contribution is -2.37. The molecule has 0 saturated heterocycles. The van der Waals surface area contributed by atoms with Gasteiger partial charge in [-0.05, 0) is 12.8 Å². The van der Waals surface area contributed by atoms with Crippen molar-refractivity contribution >= 4 is 18.4 Å². The van der Waals surface area contributed by atoms with E-state index in [4.69, 9.17) is 10.5 Å². The Morgan fingerprint density at radius 1 is 1.50 bits per heavy atom. The Morgan fingerprint density at radius 3 is 2.33 bits per heavy atom. The van der Waals surface area contributed by atoms with Crippen molar-refractivity contribution in [2.75, 3.05) is 6.61 Å². The van der Waals surface area contributed by atoms with Gasteiger partial charge in [0.1, 0.15) is 6.04 Å². The molecule has 0 aromatic carbocycles. The summed E-state index contributed by atoms with van der Waals surface area (Å²) in [6.07, 6.45) is 0.903. The maximum atomic E-state index is 11.0. The summed E-state index contributed by atoms with van der Waals surface area (Å²) in [6.45, 7) is 6.13. The number of carbonyl (C=O) groups excluding carboxylic acids is 1.